The molecule has 1 aliphatic heterocycles. The predicted octanol–water partition coefficient (Wildman–Crippen LogP) is 3.00. The van der Waals surface area contributed by atoms with E-state index in [-0.39, 0.29) is 18.5 Å². The minimum atomic E-state index is -0.617. The van der Waals surface area contributed by atoms with E-state index in [0.717, 1.165) is 11.3 Å². The summed E-state index contributed by atoms with van der Waals surface area (Å²) in [5.74, 6) is 0.951. The average Bonchev–Trinajstić information content (AvgIpc) is 2.76. The van der Waals surface area contributed by atoms with Gasteiger partial charge in [0, 0.05) is 13.0 Å². The Morgan fingerprint density at radius 2 is 1.87 bits per heavy atom. The molecule has 0 spiro atoms. The standard InChI is InChI=1S/C23H27NO6/c1-3-27-21(23(26)28-4-2)15-17-9-11-18(12-10-17)29-14-13-24-19-7-5-6-8-20(19)30-16-22(24)25/h5-12,21H,3-4,13-16H2,1-2H3. The van der Waals surface area contributed by atoms with Crippen LogP contribution >= 0.6 is 0 Å². The second kappa shape index (κ2) is 10.6. The number of carbonyl (C=O) groups excluding carboxylic acids is 2. The van der Waals surface area contributed by atoms with Gasteiger partial charge in [0.05, 0.1) is 18.8 Å². The molecule has 0 saturated heterocycles. The molecule has 3 rings (SSSR count). The van der Waals surface area contributed by atoms with Gasteiger partial charge in [-0.3, -0.25) is 4.79 Å². The lowest BCUT2D eigenvalue weighted by atomic mass is 10.1. The third-order valence-corrected chi connectivity index (χ3v) is 4.65. The third-order valence-electron chi connectivity index (χ3n) is 4.65. The van der Waals surface area contributed by atoms with Crippen molar-refractivity contribution < 1.29 is 28.5 Å². The van der Waals surface area contributed by atoms with Crippen molar-refractivity contribution in [3.05, 3.63) is 54.1 Å². The molecule has 1 unspecified atom stereocenters. The van der Waals surface area contributed by atoms with Gasteiger partial charge in [-0.25, -0.2) is 4.79 Å². The highest BCUT2D eigenvalue weighted by Gasteiger charge is 2.25. The maximum atomic E-state index is 12.2. The van der Waals surface area contributed by atoms with Crippen molar-refractivity contribution in [1.82, 2.24) is 0 Å². The molecule has 0 fully saturated rings. The Balaban J connectivity index is 1.54. The number of nitrogens with zero attached hydrogens (tertiary/aromatic N) is 1. The van der Waals surface area contributed by atoms with E-state index in [2.05, 4.69) is 0 Å². The number of carbonyl (C=O) groups is 2. The Bertz CT molecular complexity index is 851. The first-order valence-corrected chi connectivity index (χ1v) is 10.1. The van der Waals surface area contributed by atoms with Gasteiger partial charge >= 0.3 is 5.97 Å². The summed E-state index contributed by atoms with van der Waals surface area (Å²) >= 11 is 0. The molecule has 160 valence electrons. The highest BCUT2D eigenvalue weighted by Crippen LogP contribution is 2.31. The minimum absolute atomic E-state index is 0.0349. The van der Waals surface area contributed by atoms with Gasteiger partial charge in [0.2, 0.25) is 0 Å². The largest absolute Gasteiger partial charge is 0.492 e. The van der Waals surface area contributed by atoms with E-state index in [1.54, 1.807) is 11.8 Å². The Hall–Kier alpha value is -3.06. The van der Waals surface area contributed by atoms with Crippen LogP contribution in [-0.2, 0) is 25.5 Å². The van der Waals surface area contributed by atoms with Gasteiger partial charge in [0.25, 0.3) is 5.91 Å². The van der Waals surface area contributed by atoms with Crippen molar-refractivity contribution in [2.45, 2.75) is 26.4 Å². The summed E-state index contributed by atoms with van der Waals surface area (Å²) in [6, 6.07) is 14.9. The number of ether oxygens (including phenoxy) is 4. The summed E-state index contributed by atoms with van der Waals surface area (Å²) < 4.78 is 21.8. The number of fused-ring (bicyclic) bond motifs is 1. The first-order valence-electron chi connectivity index (χ1n) is 10.1. The zero-order valence-corrected chi connectivity index (χ0v) is 17.3. The highest BCUT2D eigenvalue weighted by molar-refractivity contribution is 5.97. The topological polar surface area (TPSA) is 74.3 Å². The van der Waals surface area contributed by atoms with Crippen LogP contribution in [0.2, 0.25) is 0 Å². The van der Waals surface area contributed by atoms with Gasteiger partial charge in [-0.15, -0.1) is 0 Å². The minimum Gasteiger partial charge on any atom is -0.492 e. The van der Waals surface area contributed by atoms with Crippen LogP contribution in [0.5, 0.6) is 11.5 Å². The van der Waals surface area contributed by atoms with Crippen molar-refractivity contribution >= 4 is 17.6 Å². The van der Waals surface area contributed by atoms with E-state index < -0.39 is 6.10 Å². The summed E-state index contributed by atoms with van der Waals surface area (Å²) in [7, 11) is 0. The van der Waals surface area contributed by atoms with Crippen molar-refractivity contribution in [3.63, 3.8) is 0 Å². The molecule has 1 heterocycles. The van der Waals surface area contributed by atoms with Gasteiger partial charge in [-0.1, -0.05) is 24.3 Å². The summed E-state index contributed by atoms with van der Waals surface area (Å²) in [6.07, 6.45) is -0.180. The number of benzene rings is 2. The zero-order valence-electron chi connectivity index (χ0n) is 17.3. The van der Waals surface area contributed by atoms with Crippen molar-refractivity contribution in [2.75, 3.05) is 37.9 Å². The maximum Gasteiger partial charge on any atom is 0.335 e. The Labute approximate surface area is 176 Å². The van der Waals surface area contributed by atoms with Crippen molar-refractivity contribution in [2.24, 2.45) is 0 Å². The van der Waals surface area contributed by atoms with Gasteiger partial charge in [-0.05, 0) is 43.7 Å². The summed E-state index contributed by atoms with van der Waals surface area (Å²) in [4.78, 5) is 25.9. The first kappa shape index (κ1) is 21.6. The van der Waals surface area contributed by atoms with E-state index in [0.29, 0.717) is 44.3 Å². The number of hydrogen-bond acceptors (Lipinski definition) is 6. The Morgan fingerprint density at radius 3 is 2.60 bits per heavy atom. The van der Waals surface area contributed by atoms with Crippen LogP contribution in [0.4, 0.5) is 5.69 Å². The molecule has 1 atom stereocenters. The molecule has 2 aromatic carbocycles. The van der Waals surface area contributed by atoms with Gasteiger partial charge < -0.3 is 23.8 Å². The predicted molar refractivity (Wildman–Crippen MR) is 112 cm³/mol. The normalized spacial score (nSPS) is 13.9. The molecule has 0 aromatic heterocycles. The molecular formula is C23H27NO6. The Morgan fingerprint density at radius 1 is 1.10 bits per heavy atom. The average molecular weight is 413 g/mol. The molecule has 0 radical (unpaired) electrons. The lowest BCUT2D eigenvalue weighted by Gasteiger charge is -2.29. The summed E-state index contributed by atoms with van der Waals surface area (Å²) in [5.41, 5.74) is 1.71. The van der Waals surface area contributed by atoms with Gasteiger partial charge in [0.1, 0.15) is 18.1 Å². The van der Waals surface area contributed by atoms with Crippen molar-refractivity contribution in [3.8, 4) is 11.5 Å². The van der Waals surface area contributed by atoms with Crippen molar-refractivity contribution in [1.29, 1.82) is 0 Å². The number of esters is 1. The SMILES string of the molecule is CCOC(=O)C(Cc1ccc(OCCN2C(=O)COc3ccccc32)cc1)OCC. The zero-order chi connectivity index (χ0) is 21.3. The van der Waals surface area contributed by atoms with Crippen LogP contribution < -0.4 is 14.4 Å². The van der Waals surface area contributed by atoms with E-state index in [4.69, 9.17) is 18.9 Å². The van der Waals surface area contributed by atoms with Crippen LogP contribution in [0.15, 0.2) is 48.5 Å². The van der Waals surface area contributed by atoms with E-state index in [9.17, 15) is 9.59 Å². The van der Waals surface area contributed by atoms with E-state index >= 15 is 0 Å². The third kappa shape index (κ3) is 5.51. The summed E-state index contributed by atoms with van der Waals surface area (Å²) in [5, 5.41) is 0. The van der Waals surface area contributed by atoms with Crippen LogP contribution in [0.3, 0.4) is 0 Å². The van der Waals surface area contributed by atoms with Gasteiger partial charge in [-0.2, -0.15) is 0 Å². The summed E-state index contributed by atoms with van der Waals surface area (Å²) in [6.45, 7) is 5.20. The number of para-hydroxylation sites is 2. The van der Waals surface area contributed by atoms with Crippen LogP contribution in [0.25, 0.3) is 0 Å². The van der Waals surface area contributed by atoms with E-state index in [1.807, 2.05) is 55.5 Å². The highest BCUT2D eigenvalue weighted by atomic mass is 16.6. The monoisotopic (exact) mass is 413 g/mol. The molecule has 7 heteroatoms. The Kier molecular flexibility index (Phi) is 7.68. The molecule has 0 N–H and O–H groups in total. The molecule has 1 aliphatic rings. The number of anilines is 1. The molecule has 2 aromatic rings. The number of rotatable bonds is 10. The first-order chi connectivity index (χ1) is 14.6. The van der Waals surface area contributed by atoms with Crippen LogP contribution in [0.1, 0.15) is 19.4 Å². The fraction of sp³-hybridized carbons (Fsp3) is 0.391. The molecule has 0 aliphatic carbocycles. The maximum absolute atomic E-state index is 12.2. The smallest absolute Gasteiger partial charge is 0.335 e. The van der Waals surface area contributed by atoms with E-state index in [1.165, 1.54) is 0 Å². The molecule has 30 heavy (non-hydrogen) atoms. The lowest BCUT2D eigenvalue weighted by Crippen LogP contribution is -2.41. The van der Waals surface area contributed by atoms with Crippen LogP contribution in [0, 0.1) is 0 Å². The number of amides is 1. The molecular weight excluding hydrogens is 386 g/mol. The second-order valence-corrected chi connectivity index (χ2v) is 6.69. The lowest BCUT2D eigenvalue weighted by molar-refractivity contribution is -0.156. The molecule has 0 bridgehead atoms. The van der Waals surface area contributed by atoms with Gasteiger partial charge in [0.15, 0.2) is 12.7 Å². The fourth-order valence-corrected chi connectivity index (χ4v) is 3.24. The molecule has 0 saturated carbocycles. The quantitative estimate of drug-likeness (QED) is 0.558. The number of hydrogen-bond donors (Lipinski definition) is 0. The van der Waals surface area contributed by atoms with Crippen LogP contribution in [-0.4, -0.2) is 51.0 Å². The second-order valence-electron chi connectivity index (χ2n) is 6.69. The fourth-order valence-electron chi connectivity index (χ4n) is 3.24. The molecule has 1 amide bonds. The molecule has 7 nitrogen and oxygen atoms in total.